The van der Waals surface area contributed by atoms with Gasteiger partial charge in [-0.15, -0.1) is 0 Å². The molecule has 2 rings (SSSR count). The van der Waals surface area contributed by atoms with E-state index in [2.05, 4.69) is 24.1 Å². The van der Waals surface area contributed by atoms with Crippen LogP contribution in [0.4, 0.5) is 5.69 Å². The van der Waals surface area contributed by atoms with Crippen molar-refractivity contribution in [3.63, 3.8) is 0 Å². The van der Waals surface area contributed by atoms with Crippen LogP contribution < -0.4 is 5.32 Å². The lowest BCUT2D eigenvalue weighted by atomic mass is 9.97. The van der Waals surface area contributed by atoms with Crippen molar-refractivity contribution in [2.45, 2.75) is 48.3 Å². The molecule has 1 heterocycles. The van der Waals surface area contributed by atoms with Crippen molar-refractivity contribution in [1.82, 2.24) is 9.29 Å². The number of para-hydroxylation sites is 1. The molecule has 2 aromatic rings. The molecule has 1 aromatic carbocycles. The van der Waals surface area contributed by atoms with Crippen molar-refractivity contribution in [2.75, 3.05) is 19.4 Å². The smallest absolute Gasteiger partial charge is 0.244 e. The second kappa shape index (κ2) is 9.54. The van der Waals surface area contributed by atoms with Crippen LogP contribution in [0.15, 0.2) is 52.5 Å². The Labute approximate surface area is 171 Å². The van der Waals surface area contributed by atoms with Gasteiger partial charge in [-0.05, 0) is 43.0 Å². The zero-order chi connectivity index (χ0) is 20.9. The van der Waals surface area contributed by atoms with Gasteiger partial charge in [-0.3, -0.25) is 4.79 Å². The summed E-state index contributed by atoms with van der Waals surface area (Å²) in [5.41, 5.74) is 1.95. The number of nitrogens with one attached hydrogen (secondary N) is 1. The van der Waals surface area contributed by atoms with E-state index >= 15 is 0 Å². The van der Waals surface area contributed by atoms with Crippen LogP contribution in [0.5, 0.6) is 0 Å². The summed E-state index contributed by atoms with van der Waals surface area (Å²) in [6, 6.07) is 11.0. The minimum atomic E-state index is -3.51. The molecule has 0 radical (unpaired) electrons. The Morgan fingerprint density at radius 2 is 1.86 bits per heavy atom. The predicted molar refractivity (Wildman–Crippen MR) is 114 cm³/mol. The zero-order valence-electron chi connectivity index (χ0n) is 16.8. The molecule has 0 aliphatic rings. The lowest BCUT2D eigenvalue weighted by Crippen LogP contribution is -2.23. The molecule has 0 saturated heterocycles. The summed E-state index contributed by atoms with van der Waals surface area (Å²) in [5.74, 6) is 0.236. The second-order valence-electron chi connectivity index (χ2n) is 6.77. The monoisotopic (exact) mass is 421 g/mol. The SMILES string of the molecule is CC[C@@H](C)c1ccccc1NC(=O)[C@@H](C)Sc1ccc(S(=O)(=O)N(C)C)cn1. The normalized spacial score (nSPS) is 13.9. The minimum Gasteiger partial charge on any atom is -0.325 e. The highest BCUT2D eigenvalue weighted by Gasteiger charge is 2.20. The maximum Gasteiger partial charge on any atom is 0.244 e. The highest BCUT2D eigenvalue weighted by atomic mass is 32.2. The Morgan fingerprint density at radius 3 is 2.43 bits per heavy atom. The van der Waals surface area contributed by atoms with Gasteiger partial charge in [0.2, 0.25) is 15.9 Å². The maximum atomic E-state index is 12.6. The van der Waals surface area contributed by atoms with Crippen LogP contribution in [0.3, 0.4) is 0 Å². The highest BCUT2D eigenvalue weighted by Crippen LogP contribution is 2.28. The number of hydrogen-bond donors (Lipinski definition) is 1. The molecule has 1 amide bonds. The fourth-order valence-electron chi connectivity index (χ4n) is 2.53. The molecular weight excluding hydrogens is 394 g/mol. The van der Waals surface area contributed by atoms with Gasteiger partial charge in [0.1, 0.15) is 4.90 Å². The van der Waals surface area contributed by atoms with Crippen molar-refractivity contribution in [3.8, 4) is 0 Å². The lowest BCUT2D eigenvalue weighted by Gasteiger charge is -2.17. The first-order valence-electron chi connectivity index (χ1n) is 9.11. The molecule has 0 unspecified atom stereocenters. The van der Waals surface area contributed by atoms with Crippen LogP contribution in [0, 0.1) is 0 Å². The van der Waals surface area contributed by atoms with E-state index in [1.54, 1.807) is 13.0 Å². The average Bonchev–Trinajstić information content (AvgIpc) is 2.68. The van der Waals surface area contributed by atoms with Gasteiger partial charge < -0.3 is 5.32 Å². The number of benzene rings is 1. The molecule has 1 aromatic heterocycles. The van der Waals surface area contributed by atoms with Crippen LogP contribution in [0.1, 0.15) is 38.7 Å². The van der Waals surface area contributed by atoms with Crippen molar-refractivity contribution in [2.24, 2.45) is 0 Å². The molecule has 0 aliphatic carbocycles. The summed E-state index contributed by atoms with van der Waals surface area (Å²) in [4.78, 5) is 17.0. The predicted octanol–water partition coefficient (Wildman–Crippen LogP) is 3.96. The fraction of sp³-hybridized carbons (Fsp3) is 0.400. The number of amides is 1. The number of rotatable bonds is 8. The van der Waals surface area contributed by atoms with Crippen molar-refractivity contribution < 1.29 is 13.2 Å². The van der Waals surface area contributed by atoms with E-state index in [0.717, 1.165) is 22.0 Å². The second-order valence-corrected chi connectivity index (χ2v) is 10.3. The van der Waals surface area contributed by atoms with Gasteiger partial charge >= 0.3 is 0 Å². The van der Waals surface area contributed by atoms with Crippen LogP contribution >= 0.6 is 11.8 Å². The zero-order valence-corrected chi connectivity index (χ0v) is 18.5. The van der Waals surface area contributed by atoms with E-state index in [0.29, 0.717) is 10.9 Å². The summed E-state index contributed by atoms with van der Waals surface area (Å²) < 4.78 is 25.3. The van der Waals surface area contributed by atoms with Crippen molar-refractivity contribution in [3.05, 3.63) is 48.2 Å². The van der Waals surface area contributed by atoms with E-state index in [1.165, 1.54) is 38.1 Å². The first-order chi connectivity index (χ1) is 13.2. The largest absolute Gasteiger partial charge is 0.325 e. The molecule has 0 saturated carbocycles. The number of carbonyl (C=O) groups is 1. The third-order valence-corrected chi connectivity index (χ3v) is 7.37. The molecule has 1 N–H and O–H groups in total. The van der Waals surface area contributed by atoms with E-state index in [9.17, 15) is 13.2 Å². The van der Waals surface area contributed by atoms with Crippen LogP contribution in [-0.2, 0) is 14.8 Å². The quantitative estimate of drug-likeness (QED) is 0.653. The molecule has 0 bridgehead atoms. The van der Waals surface area contributed by atoms with Gasteiger partial charge in [-0.2, -0.15) is 0 Å². The number of thioether (sulfide) groups is 1. The minimum absolute atomic E-state index is 0.118. The van der Waals surface area contributed by atoms with Gasteiger partial charge in [0, 0.05) is 26.0 Å². The first kappa shape index (κ1) is 22.4. The molecule has 6 nitrogen and oxygen atoms in total. The summed E-state index contributed by atoms with van der Waals surface area (Å²) in [6.45, 7) is 6.06. The standard InChI is InChI=1S/C20H27N3O3S2/c1-6-14(2)17-9-7-8-10-18(17)22-20(24)15(3)27-19-12-11-16(13-21-19)28(25,26)23(4)5/h7-15H,6H2,1-5H3,(H,22,24)/t14-,15-/m1/s1. The summed E-state index contributed by atoms with van der Waals surface area (Å²) in [7, 11) is -0.565. The van der Waals surface area contributed by atoms with E-state index in [1.807, 2.05) is 24.3 Å². The number of carbonyl (C=O) groups excluding carboxylic acids is 1. The van der Waals surface area contributed by atoms with Gasteiger partial charge in [0.15, 0.2) is 0 Å². The highest BCUT2D eigenvalue weighted by molar-refractivity contribution is 8.00. The Morgan fingerprint density at radius 1 is 1.18 bits per heavy atom. The Bertz CT molecular complexity index is 913. The number of sulfonamides is 1. The first-order valence-corrected chi connectivity index (χ1v) is 11.4. The lowest BCUT2D eigenvalue weighted by molar-refractivity contribution is -0.115. The number of hydrogen-bond acceptors (Lipinski definition) is 5. The van der Waals surface area contributed by atoms with Crippen molar-refractivity contribution in [1.29, 1.82) is 0 Å². The van der Waals surface area contributed by atoms with Gasteiger partial charge in [0.05, 0.1) is 10.3 Å². The summed E-state index contributed by atoms with van der Waals surface area (Å²) in [5, 5.41) is 3.22. The Hall–Kier alpha value is -1.90. The molecule has 0 spiro atoms. The van der Waals surface area contributed by atoms with Crippen molar-refractivity contribution >= 4 is 33.4 Å². The molecule has 0 fully saturated rings. The van der Waals surface area contributed by atoms with E-state index in [4.69, 9.17) is 0 Å². The molecule has 28 heavy (non-hydrogen) atoms. The number of nitrogens with zero attached hydrogens (tertiary/aromatic N) is 2. The third-order valence-electron chi connectivity index (χ3n) is 4.52. The van der Waals surface area contributed by atoms with Gasteiger partial charge in [0.25, 0.3) is 0 Å². The molecule has 152 valence electrons. The van der Waals surface area contributed by atoms with E-state index in [-0.39, 0.29) is 16.1 Å². The average molecular weight is 422 g/mol. The topological polar surface area (TPSA) is 79.4 Å². The molecule has 8 heteroatoms. The van der Waals surface area contributed by atoms with Crippen LogP contribution in [0.2, 0.25) is 0 Å². The summed E-state index contributed by atoms with van der Waals surface area (Å²) in [6.07, 6.45) is 2.31. The number of aromatic nitrogens is 1. The Kier molecular flexibility index (Phi) is 7.63. The molecule has 0 aliphatic heterocycles. The molecular formula is C20H27N3O3S2. The van der Waals surface area contributed by atoms with Gasteiger partial charge in [-0.1, -0.05) is 43.8 Å². The van der Waals surface area contributed by atoms with Crippen LogP contribution in [0.25, 0.3) is 0 Å². The number of pyridine rings is 1. The third kappa shape index (κ3) is 5.33. The fourth-order valence-corrected chi connectivity index (χ4v) is 4.17. The van der Waals surface area contributed by atoms with E-state index < -0.39 is 10.0 Å². The molecule has 2 atom stereocenters. The maximum absolute atomic E-state index is 12.6. The summed E-state index contributed by atoms with van der Waals surface area (Å²) >= 11 is 1.29. The number of anilines is 1. The Balaban J connectivity index is 2.07. The van der Waals surface area contributed by atoms with Gasteiger partial charge in [-0.25, -0.2) is 17.7 Å². The van der Waals surface area contributed by atoms with Crippen LogP contribution in [-0.4, -0.2) is 43.0 Å².